The molecular formula is C12H25NO5. The highest BCUT2D eigenvalue weighted by atomic mass is 16.7. The van der Waals surface area contributed by atoms with Crippen molar-refractivity contribution in [1.82, 2.24) is 0 Å². The fraction of sp³-hybridized carbons (Fsp3) is 1.00. The summed E-state index contributed by atoms with van der Waals surface area (Å²) in [7, 11) is 0. The molecule has 0 aromatic heterocycles. The number of ether oxygens (including phenoxy) is 2. The molecule has 108 valence electrons. The maximum Gasteiger partial charge on any atom is 0.186 e. The molecule has 0 saturated carbocycles. The molecule has 0 aromatic rings. The van der Waals surface area contributed by atoms with Gasteiger partial charge in [-0.15, -0.1) is 0 Å². The van der Waals surface area contributed by atoms with Gasteiger partial charge in [-0.1, -0.05) is 13.8 Å². The lowest BCUT2D eigenvalue weighted by Gasteiger charge is -2.39. The summed E-state index contributed by atoms with van der Waals surface area (Å²) in [5.74, 6) is 0.593. The average molecular weight is 263 g/mol. The van der Waals surface area contributed by atoms with Crippen LogP contribution in [0.3, 0.4) is 0 Å². The van der Waals surface area contributed by atoms with Gasteiger partial charge in [0.1, 0.15) is 24.4 Å². The SMILES string of the molecule is CC(C)CCCO[C@@H]1O[C@H](CN)[C@@H](O)[C@H](O)[C@H]1O. The number of aliphatic hydroxyl groups excluding tert-OH is 3. The molecule has 0 radical (unpaired) electrons. The smallest absolute Gasteiger partial charge is 0.186 e. The number of nitrogens with two attached hydrogens (primary N) is 1. The van der Waals surface area contributed by atoms with Crippen LogP contribution in [0.2, 0.25) is 0 Å². The molecule has 0 aliphatic carbocycles. The second-order valence-electron chi connectivity index (χ2n) is 5.16. The third-order valence-electron chi connectivity index (χ3n) is 3.11. The van der Waals surface area contributed by atoms with E-state index in [1.807, 2.05) is 0 Å². The van der Waals surface area contributed by atoms with Crippen LogP contribution in [0.1, 0.15) is 26.7 Å². The van der Waals surface area contributed by atoms with Crippen molar-refractivity contribution in [3.63, 3.8) is 0 Å². The van der Waals surface area contributed by atoms with Gasteiger partial charge < -0.3 is 30.5 Å². The second-order valence-corrected chi connectivity index (χ2v) is 5.16. The molecule has 6 nitrogen and oxygen atoms in total. The van der Waals surface area contributed by atoms with Gasteiger partial charge in [-0.25, -0.2) is 0 Å². The van der Waals surface area contributed by atoms with Crippen LogP contribution < -0.4 is 5.73 Å². The van der Waals surface area contributed by atoms with Gasteiger partial charge in [0.15, 0.2) is 6.29 Å². The van der Waals surface area contributed by atoms with E-state index >= 15 is 0 Å². The van der Waals surface area contributed by atoms with Crippen molar-refractivity contribution in [3.8, 4) is 0 Å². The summed E-state index contributed by atoms with van der Waals surface area (Å²) in [6.45, 7) is 4.75. The lowest BCUT2D eigenvalue weighted by atomic mass is 9.99. The van der Waals surface area contributed by atoms with Crippen LogP contribution in [0.25, 0.3) is 0 Å². The predicted octanol–water partition coefficient (Wildman–Crippen LogP) is -0.794. The molecule has 1 aliphatic heterocycles. The fourth-order valence-electron chi connectivity index (χ4n) is 1.94. The number of hydrogen-bond donors (Lipinski definition) is 4. The molecule has 0 spiro atoms. The van der Waals surface area contributed by atoms with Gasteiger partial charge in [0.25, 0.3) is 0 Å². The normalized spacial score (nSPS) is 37.2. The molecule has 0 unspecified atom stereocenters. The summed E-state index contributed by atoms with van der Waals surface area (Å²) in [6, 6.07) is 0. The predicted molar refractivity (Wildman–Crippen MR) is 65.8 cm³/mol. The van der Waals surface area contributed by atoms with Crippen LogP contribution >= 0.6 is 0 Å². The van der Waals surface area contributed by atoms with Gasteiger partial charge in [-0.05, 0) is 18.8 Å². The summed E-state index contributed by atoms with van der Waals surface area (Å²) >= 11 is 0. The van der Waals surface area contributed by atoms with Gasteiger partial charge >= 0.3 is 0 Å². The molecule has 1 rings (SSSR count). The molecule has 18 heavy (non-hydrogen) atoms. The molecule has 1 heterocycles. The van der Waals surface area contributed by atoms with Crippen LogP contribution in [-0.4, -0.2) is 59.2 Å². The van der Waals surface area contributed by atoms with Gasteiger partial charge in [-0.2, -0.15) is 0 Å². The van der Waals surface area contributed by atoms with Crippen LogP contribution in [0.5, 0.6) is 0 Å². The second kappa shape index (κ2) is 7.37. The molecule has 1 aliphatic rings. The Bertz CT molecular complexity index is 237. The zero-order valence-electron chi connectivity index (χ0n) is 11.0. The van der Waals surface area contributed by atoms with Crippen LogP contribution in [-0.2, 0) is 9.47 Å². The molecule has 5 atom stereocenters. The molecular weight excluding hydrogens is 238 g/mol. The summed E-state index contributed by atoms with van der Waals surface area (Å²) < 4.78 is 10.7. The highest BCUT2D eigenvalue weighted by Crippen LogP contribution is 2.21. The minimum atomic E-state index is -1.29. The zero-order chi connectivity index (χ0) is 13.7. The van der Waals surface area contributed by atoms with E-state index in [4.69, 9.17) is 15.2 Å². The van der Waals surface area contributed by atoms with Gasteiger partial charge in [0, 0.05) is 13.2 Å². The van der Waals surface area contributed by atoms with Crippen molar-refractivity contribution in [2.45, 2.75) is 57.4 Å². The highest BCUT2D eigenvalue weighted by Gasteiger charge is 2.43. The minimum Gasteiger partial charge on any atom is -0.388 e. The largest absolute Gasteiger partial charge is 0.388 e. The highest BCUT2D eigenvalue weighted by molar-refractivity contribution is 4.89. The first-order valence-corrected chi connectivity index (χ1v) is 6.48. The van der Waals surface area contributed by atoms with Gasteiger partial charge in [0.2, 0.25) is 0 Å². The van der Waals surface area contributed by atoms with E-state index in [0.29, 0.717) is 12.5 Å². The van der Waals surface area contributed by atoms with E-state index in [9.17, 15) is 15.3 Å². The summed E-state index contributed by atoms with van der Waals surface area (Å²) in [6.07, 6.45) is -3.47. The average Bonchev–Trinajstić information content (AvgIpc) is 2.34. The van der Waals surface area contributed by atoms with Gasteiger partial charge in [0.05, 0.1) is 0 Å². The van der Waals surface area contributed by atoms with E-state index in [0.717, 1.165) is 12.8 Å². The van der Waals surface area contributed by atoms with E-state index < -0.39 is 30.7 Å². The minimum absolute atomic E-state index is 0.0663. The van der Waals surface area contributed by atoms with Crippen molar-refractivity contribution in [2.75, 3.05) is 13.2 Å². The molecule has 1 fully saturated rings. The Morgan fingerprint density at radius 2 is 1.83 bits per heavy atom. The Kier molecular flexibility index (Phi) is 6.48. The molecule has 6 heteroatoms. The van der Waals surface area contributed by atoms with Crippen molar-refractivity contribution in [1.29, 1.82) is 0 Å². The number of aliphatic hydroxyl groups is 3. The Morgan fingerprint density at radius 3 is 2.39 bits per heavy atom. The summed E-state index contributed by atoms with van der Waals surface area (Å²) in [4.78, 5) is 0. The Hall–Kier alpha value is -0.240. The maximum absolute atomic E-state index is 9.73. The van der Waals surface area contributed by atoms with Crippen molar-refractivity contribution < 1.29 is 24.8 Å². The quantitative estimate of drug-likeness (QED) is 0.468. The molecule has 0 amide bonds. The summed E-state index contributed by atoms with van der Waals surface area (Å²) in [5, 5.41) is 29.0. The topological polar surface area (TPSA) is 105 Å². The lowest BCUT2D eigenvalue weighted by molar-refractivity contribution is -0.294. The monoisotopic (exact) mass is 263 g/mol. The first-order valence-electron chi connectivity index (χ1n) is 6.48. The Balaban J connectivity index is 2.39. The van der Waals surface area contributed by atoms with E-state index in [1.54, 1.807) is 0 Å². The Labute approximate surface area is 108 Å². The van der Waals surface area contributed by atoms with Crippen molar-refractivity contribution in [2.24, 2.45) is 11.7 Å². The molecule has 1 saturated heterocycles. The third-order valence-corrected chi connectivity index (χ3v) is 3.11. The molecule has 0 bridgehead atoms. The first-order chi connectivity index (χ1) is 8.47. The van der Waals surface area contributed by atoms with Crippen molar-refractivity contribution in [3.05, 3.63) is 0 Å². The summed E-state index contributed by atoms with van der Waals surface area (Å²) in [5.41, 5.74) is 5.42. The third kappa shape index (κ3) is 4.15. The van der Waals surface area contributed by atoms with Crippen LogP contribution in [0.4, 0.5) is 0 Å². The number of rotatable bonds is 6. The van der Waals surface area contributed by atoms with Crippen LogP contribution in [0.15, 0.2) is 0 Å². The van der Waals surface area contributed by atoms with E-state index in [-0.39, 0.29) is 6.54 Å². The maximum atomic E-state index is 9.73. The van der Waals surface area contributed by atoms with Gasteiger partial charge in [-0.3, -0.25) is 0 Å². The number of hydrogen-bond acceptors (Lipinski definition) is 6. The van der Waals surface area contributed by atoms with Crippen molar-refractivity contribution >= 4 is 0 Å². The lowest BCUT2D eigenvalue weighted by Crippen LogP contribution is -2.60. The molecule has 0 aromatic carbocycles. The first kappa shape index (κ1) is 15.8. The zero-order valence-corrected chi connectivity index (χ0v) is 11.0. The van der Waals surface area contributed by atoms with E-state index in [1.165, 1.54) is 0 Å². The Morgan fingerprint density at radius 1 is 1.17 bits per heavy atom. The van der Waals surface area contributed by atoms with Crippen LogP contribution in [0, 0.1) is 5.92 Å². The fourth-order valence-corrected chi connectivity index (χ4v) is 1.94. The molecule has 5 N–H and O–H groups in total. The standard InChI is InChI=1S/C12H25NO5/c1-7(2)4-3-5-17-12-11(16)10(15)9(14)8(6-13)18-12/h7-12,14-16H,3-6,13H2,1-2H3/t8-,9-,10+,11-,12-/m1/s1. The van der Waals surface area contributed by atoms with E-state index in [2.05, 4.69) is 13.8 Å².